The Bertz CT molecular complexity index is 107. The van der Waals surface area contributed by atoms with Crippen LogP contribution in [-0.4, -0.2) is 12.7 Å². The topological polar surface area (TPSA) is 9.23 Å². The fraction of sp³-hybridized carbons (Fsp3) is 0.750. The van der Waals surface area contributed by atoms with Gasteiger partial charge in [0, 0.05) is 0 Å². The van der Waals surface area contributed by atoms with Crippen molar-refractivity contribution in [1.82, 2.24) is 0 Å². The molecule has 0 aliphatic carbocycles. The molecule has 0 radical (unpaired) electrons. The van der Waals surface area contributed by atoms with Gasteiger partial charge >= 0.3 is 0 Å². The maximum Gasteiger partial charge on any atom is 0.0609 e. The third kappa shape index (κ3) is 1.83. The highest BCUT2D eigenvalue weighted by atomic mass is 16.5. The second-order valence-electron chi connectivity index (χ2n) is 2.61. The number of rotatable bonds is 1. The number of hydrogen-bond acceptors (Lipinski definition) is 1. The van der Waals surface area contributed by atoms with E-state index < -0.39 is 0 Å². The second kappa shape index (κ2) is 3.02. The van der Waals surface area contributed by atoms with Gasteiger partial charge in [-0.1, -0.05) is 19.1 Å². The van der Waals surface area contributed by atoms with Gasteiger partial charge in [-0.15, -0.1) is 0 Å². The van der Waals surface area contributed by atoms with Gasteiger partial charge in [0.05, 0.1) is 12.7 Å². The Hall–Kier alpha value is -0.300. The van der Waals surface area contributed by atoms with Crippen molar-refractivity contribution < 1.29 is 4.74 Å². The summed E-state index contributed by atoms with van der Waals surface area (Å²) in [5.74, 6) is 0. The highest BCUT2D eigenvalue weighted by Crippen LogP contribution is 2.18. The molecule has 1 rings (SSSR count). The average Bonchev–Trinajstić information content (AvgIpc) is 1.88. The Morgan fingerprint density at radius 2 is 2.56 bits per heavy atom. The summed E-state index contributed by atoms with van der Waals surface area (Å²) in [7, 11) is 0. The first kappa shape index (κ1) is 6.81. The van der Waals surface area contributed by atoms with Crippen LogP contribution in [0.1, 0.15) is 26.2 Å². The molecular formula is C8H14O. The maximum atomic E-state index is 5.44. The summed E-state index contributed by atoms with van der Waals surface area (Å²) in [5.41, 5.74) is 1.35. The zero-order chi connectivity index (χ0) is 6.69. The molecule has 1 nitrogen and oxygen atoms in total. The van der Waals surface area contributed by atoms with E-state index in [1.807, 2.05) is 0 Å². The summed E-state index contributed by atoms with van der Waals surface area (Å²) in [6.07, 6.45) is 3.73. The van der Waals surface area contributed by atoms with E-state index in [1.54, 1.807) is 0 Å². The summed E-state index contributed by atoms with van der Waals surface area (Å²) < 4.78 is 5.44. The molecule has 1 heteroatoms. The van der Waals surface area contributed by atoms with Crippen LogP contribution in [0.3, 0.4) is 0 Å². The Balaban J connectivity index is 2.32. The van der Waals surface area contributed by atoms with Gasteiger partial charge in [0.15, 0.2) is 0 Å². The van der Waals surface area contributed by atoms with E-state index in [9.17, 15) is 0 Å². The SMILES string of the molecule is C=C1CCOC(CC)C1. The van der Waals surface area contributed by atoms with Gasteiger partial charge in [0.25, 0.3) is 0 Å². The standard InChI is InChI=1S/C8H14O/c1-3-8-6-7(2)4-5-9-8/h8H,2-6H2,1H3. The smallest absolute Gasteiger partial charge is 0.0609 e. The first-order chi connectivity index (χ1) is 4.33. The summed E-state index contributed by atoms with van der Waals surface area (Å²) in [5, 5.41) is 0. The summed E-state index contributed by atoms with van der Waals surface area (Å²) in [6, 6.07) is 0. The van der Waals surface area contributed by atoms with Gasteiger partial charge in [-0.2, -0.15) is 0 Å². The van der Waals surface area contributed by atoms with Crippen molar-refractivity contribution in [3.63, 3.8) is 0 Å². The van der Waals surface area contributed by atoms with Crippen molar-refractivity contribution in [2.24, 2.45) is 0 Å². The fourth-order valence-electron chi connectivity index (χ4n) is 1.12. The predicted octanol–water partition coefficient (Wildman–Crippen LogP) is 2.13. The monoisotopic (exact) mass is 126 g/mol. The molecule has 52 valence electrons. The van der Waals surface area contributed by atoms with E-state index in [-0.39, 0.29) is 0 Å². The zero-order valence-electron chi connectivity index (χ0n) is 6.02. The van der Waals surface area contributed by atoms with Crippen LogP contribution in [0.4, 0.5) is 0 Å². The third-order valence-electron chi connectivity index (χ3n) is 1.78. The quantitative estimate of drug-likeness (QED) is 0.489. The van der Waals surface area contributed by atoms with Gasteiger partial charge in [-0.3, -0.25) is 0 Å². The number of ether oxygens (including phenoxy) is 1. The van der Waals surface area contributed by atoms with E-state index in [1.165, 1.54) is 5.57 Å². The molecule has 0 saturated carbocycles. The van der Waals surface area contributed by atoms with Gasteiger partial charge in [-0.25, -0.2) is 0 Å². The summed E-state index contributed by atoms with van der Waals surface area (Å²) in [6.45, 7) is 6.97. The van der Waals surface area contributed by atoms with Crippen LogP contribution >= 0.6 is 0 Å². The van der Waals surface area contributed by atoms with Crippen molar-refractivity contribution >= 4 is 0 Å². The van der Waals surface area contributed by atoms with Crippen LogP contribution in [0.15, 0.2) is 12.2 Å². The Kier molecular flexibility index (Phi) is 2.29. The average molecular weight is 126 g/mol. The van der Waals surface area contributed by atoms with Crippen molar-refractivity contribution in [3.8, 4) is 0 Å². The van der Waals surface area contributed by atoms with Crippen LogP contribution < -0.4 is 0 Å². The van der Waals surface area contributed by atoms with E-state index in [2.05, 4.69) is 13.5 Å². The molecule has 0 aromatic rings. The Labute approximate surface area is 56.7 Å². The molecule has 0 spiro atoms. The van der Waals surface area contributed by atoms with Crippen molar-refractivity contribution in [2.75, 3.05) is 6.61 Å². The highest BCUT2D eigenvalue weighted by molar-refractivity contribution is 4.98. The van der Waals surface area contributed by atoms with Crippen molar-refractivity contribution in [1.29, 1.82) is 0 Å². The first-order valence-electron chi connectivity index (χ1n) is 3.61. The Morgan fingerprint density at radius 1 is 1.78 bits per heavy atom. The predicted molar refractivity (Wildman–Crippen MR) is 38.4 cm³/mol. The lowest BCUT2D eigenvalue weighted by Crippen LogP contribution is -2.18. The molecule has 1 unspecified atom stereocenters. The molecule has 1 heterocycles. The second-order valence-corrected chi connectivity index (χ2v) is 2.61. The summed E-state index contributed by atoms with van der Waals surface area (Å²) >= 11 is 0. The maximum absolute atomic E-state index is 5.44. The normalized spacial score (nSPS) is 28.6. The molecule has 0 N–H and O–H groups in total. The van der Waals surface area contributed by atoms with Gasteiger partial charge in [-0.05, 0) is 19.3 Å². The molecule has 1 saturated heterocycles. The Morgan fingerprint density at radius 3 is 3.00 bits per heavy atom. The largest absolute Gasteiger partial charge is 0.378 e. The minimum atomic E-state index is 0.464. The lowest BCUT2D eigenvalue weighted by molar-refractivity contribution is 0.0340. The van der Waals surface area contributed by atoms with Crippen LogP contribution in [0.25, 0.3) is 0 Å². The lowest BCUT2D eigenvalue weighted by atomic mass is 10.0. The van der Waals surface area contributed by atoms with Crippen LogP contribution in [-0.2, 0) is 4.74 Å². The van der Waals surface area contributed by atoms with E-state index in [0.29, 0.717) is 6.10 Å². The third-order valence-corrected chi connectivity index (χ3v) is 1.78. The molecule has 0 bridgehead atoms. The first-order valence-corrected chi connectivity index (χ1v) is 3.61. The molecule has 1 aliphatic heterocycles. The van der Waals surface area contributed by atoms with E-state index >= 15 is 0 Å². The van der Waals surface area contributed by atoms with Gasteiger partial charge in [0.1, 0.15) is 0 Å². The molecule has 1 atom stereocenters. The van der Waals surface area contributed by atoms with Crippen LogP contribution in [0.5, 0.6) is 0 Å². The fourth-order valence-corrected chi connectivity index (χ4v) is 1.12. The molecule has 1 aliphatic rings. The molecule has 0 aromatic carbocycles. The van der Waals surface area contributed by atoms with Gasteiger partial charge in [0.2, 0.25) is 0 Å². The van der Waals surface area contributed by atoms with Crippen LogP contribution in [0, 0.1) is 0 Å². The molecule has 9 heavy (non-hydrogen) atoms. The van der Waals surface area contributed by atoms with E-state index in [0.717, 1.165) is 25.9 Å². The van der Waals surface area contributed by atoms with Crippen LogP contribution in [0.2, 0.25) is 0 Å². The van der Waals surface area contributed by atoms with Crippen molar-refractivity contribution in [2.45, 2.75) is 32.3 Å². The lowest BCUT2D eigenvalue weighted by Gasteiger charge is -2.22. The van der Waals surface area contributed by atoms with E-state index in [4.69, 9.17) is 4.74 Å². The molecule has 0 aromatic heterocycles. The minimum Gasteiger partial charge on any atom is -0.378 e. The van der Waals surface area contributed by atoms with Crippen molar-refractivity contribution in [3.05, 3.63) is 12.2 Å². The minimum absolute atomic E-state index is 0.464. The highest BCUT2D eigenvalue weighted by Gasteiger charge is 2.13. The number of hydrogen-bond donors (Lipinski definition) is 0. The summed E-state index contributed by atoms with van der Waals surface area (Å²) in [4.78, 5) is 0. The van der Waals surface area contributed by atoms with Gasteiger partial charge < -0.3 is 4.74 Å². The zero-order valence-corrected chi connectivity index (χ0v) is 6.02. The molecule has 1 fully saturated rings. The molecule has 0 amide bonds. The molecular weight excluding hydrogens is 112 g/mol.